The largest absolute Gasteiger partial charge is 0.486 e. The number of aryl methyl sites for hydroxylation is 1. The molecule has 7 nitrogen and oxygen atoms in total. The lowest BCUT2D eigenvalue weighted by Crippen LogP contribution is -2.35. The number of nitrogen functional groups attached to an aromatic ring is 1. The van der Waals surface area contributed by atoms with Crippen LogP contribution in [-0.4, -0.2) is 29.2 Å². The van der Waals surface area contributed by atoms with E-state index in [-0.39, 0.29) is 5.13 Å². The number of anilines is 2. The molecule has 0 unspecified atom stereocenters. The van der Waals surface area contributed by atoms with Crippen molar-refractivity contribution in [1.29, 1.82) is 0 Å². The molecule has 148 valence electrons. The van der Waals surface area contributed by atoms with E-state index >= 15 is 0 Å². The van der Waals surface area contributed by atoms with Crippen molar-refractivity contribution in [3.05, 3.63) is 51.9 Å². The number of nitrogens with zero attached hydrogens (tertiary/aromatic N) is 1. The van der Waals surface area contributed by atoms with E-state index in [1.165, 1.54) is 0 Å². The molecule has 0 bridgehead atoms. The summed E-state index contributed by atoms with van der Waals surface area (Å²) >= 11 is 1.10. The lowest BCUT2D eigenvalue weighted by atomic mass is 9.89. The fraction of sp³-hybridized carbons (Fsp3) is 0.238. The number of carbonyl (C=O) groups excluding carboxylic acids is 1. The molecule has 3 heterocycles. The zero-order valence-electron chi connectivity index (χ0n) is 15.9. The summed E-state index contributed by atoms with van der Waals surface area (Å²) in [7, 11) is 0. The number of rotatable bonds is 2. The van der Waals surface area contributed by atoms with Crippen LogP contribution in [0.25, 0.3) is 11.3 Å². The highest BCUT2D eigenvalue weighted by Gasteiger charge is 2.50. The molecule has 5 rings (SSSR count). The molecule has 0 aliphatic carbocycles. The minimum Gasteiger partial charge on any atom is -0.486 e. The van der Waals surface area contributed by atoms with Crippen molar-refractivity contribution in [2.75, 3.05) is 24.3 Å². The molecule has 3 aromatic rings. The summed E-state index contributed by atoms with van der Waals surface area (Å²) in [6.07, 6.45) is 0. The smallest absolute Gasteiger partial charge is 0.266 e. The maximum atomic E-state index is 13.0. The predicted octanol–water partition coefficient (Wildman–Crippen LogP) is 2.97. The molecular formula is C21H19N3O4S. The maximum Gasteiger partial charge on any atom is 0.266 e. The Morgan fingerprint density at radius 3 is 2.72 bits per heavy atom. The van der Waals surface area contributed by atoms with Gasteiger partial charge >= 0.3 is 0 Å². The third-order valence-electron chi connectivity index (χ3n) is 5.48. The zero-order chi connectivity index (χ0) is 20.3. The van der Waals surface area contributed by atoms with Crippen molar-refractivity contribution >= 4 is 28.1 Å². The Labute approximate surface area is 171 Å². The summed E-state index contributed by atoms with van der Waals surface area (Å²) in [5, 5.41) is 14.7. The quantitative estimate of drug-likeness (QED) is 0.601. The van der Waals surface area contributed by atoms with E-state index in [0.29, 0.717) is 52.1 Å². The van der Waals surface area contributed by atoms with Crippen LogP contribution in [0.15, 0.2) is 30.3 Å². The molecule has 0 radical (unpaired) electrons. The number of hydrogen-bond donors (Lipinski definition) is 3. The van der Waals surface area contributed by atoms with Crippen LogP contribution in [0.2, 0.25) is 0 Å². The van der Waals surface area contributed by atoms with Gasteiger partial charge in [-0.3, -0.25) is 4.79 Å². The van der Waals surface area contributed by atoms with Crippen molar-refractivity contribution in [2.24, 2.45) is 0 Å². The van der Waals surface area contributed by atoms with E-state index < -0.39 is 11.5 Å². The van der Waals surface area contributed by atoms with Gasteiger partial charge in [0.25, 0.3) is 5.91 Å². The van der Waals surface area contributed by atoms with E-state index in [4.69, 9.17) is 15.2 Å². The first-order valence-electron chi connectivity index (χ1n) is 9.21. The minimum absolute atomic E-state index is 0.267. The van der Waals surface area contributed by atoms with Crippen molar-refractivity contribution in [1.82, 2.24) is 4.98 Å². The first kappa shape index (κ1) is 18.0. The number of aliphatic hydroxyl groups is 1. The van der Waals surface area contributed by atoms with Gasteiger partial charge < -0.3 is 25.6 Å². The van der Waals surface area contributed by atoms with Gasteiger partial charge in [0.2, 0.25) is 5.60 Å². The molecule has 2 aliphatic heterocycles. The Morgan fingerprint density at radius 2 is 1.93 bits per heavy atom. The summed E-state index contributed by atoms with van der Waals surface area (Å²) < 4.78 is 11.2. The van der Waals surface area contributed by atoms with Crippen molar-refractivity contribution in [2.45, 2.75) is 19.4 Å². The molecule has 1 aromatic heterocycles. The summed E-state index contributed by atoms with van der Waals surface area (Å²) in [4.78, 5) is 17.8. The topological polar surface area (TPSA) is 107 Å². The molecule has 0 saturated heterocycles. The van der Waals surface area contributed by atoms with Crippen LogP contribution in [0.3, 0.4) is 0 Å². The van der Waals surface area contributed by atoms with Crippen LogP contribution in [0, 0.1) is 13.8 Å². The molecule has 2 aromatic carbocycles. The van der Waals surface area contributed by atoms with E-state index in [2.05, 4.69) is 10.3 Å². The van der Waals surface area contributed by atoms with Gasteiger partial charge in [-0.05, 0) is 43.2 Å². The van der Waals surface area contributed by atoms with E-state index in [1.54, 1.807) is 18.2 Å². The van der Waals surface area contributed by atoms with Gasteiger partial charge in [-0.15, -0.1) is 0 Å². The molecule has 1 amide bonds. The van der Waals surface area contributed by atoms with E-state index in [9.17, 15) is 9.90 Å². The number of hydrogen-bond acceptors (Lipinski definition) is 7. The summed E-state index contributed by atoms with van der Waals surface area (Å²) in [5.74, 6) is 0.739. The third-order valence-corrected chi connectivity index (χ3v) is 6.47. The predicted molar refractivity (Wildman–Crippen MR) is 110 cm³/mol. The number of benzene rings is 2. The first-order chi connectivity index (χ1) is 13.9. The average Bonchev–Trinajstić information content (AvgIpc) is 3.24. The Morgan fingerprint density at radius 1 is 1.17 bits per heavy atom. The molecular weight excluding hydrogens is 390 g/mol. The maximum absolute atomic E-state index is 13.0. The Balaban J connectivity index is 1.70. The highest BCUT2D eigenvalue weighted by Crippen LogP contribution is 2.49. The zero-order valence-corrected chi connectivity index (χ0v) is 16.7. The highest BCUT2D eigenvalue weighted by atomic mass is 32.1. The van der Waals surface area contributed by atoms with Crippen LogP contribution in [0.5, 0.6) is 11.5 Å². The SMILES string of the molecule is Cc1ccc2c(c1C)NC(=O)[C@]2(O)c1sc(N)nc1-c1ccc2c(c1)OCCO2. The van der Waals surface area contributed by atoms with Gasteiger partial charge in [0.1, 0.15) is 13.2 Å². The second-order valence-electron chi connectivity index (χ2n) is 7.18. The number of nitrogens with one attached hydrogen (secondary N) is 1. The van der Waals surface area contributed by atoms with Crippen LogP contribution >= 0.6 is 11.3 Å². The average molecular weight is 409 g/mol. The number of nitrogens with two attached hydrogens (primary N) is 1. The molecule has 1 atom stereocenters. The molecule has 2 aliphatic rings. The second-order valence-corrected chi connectivity index (χ2v) is 8.21. The van der Waals surface area contributed by atoms with Gasteiger partial charge in [-0.2, -0.15) is 0 Å². The van der Waals surface area contributed by atoms with E-state index in [0.717, 1.165) is 22.5 Å². The Bertz CT molecular complexity index is 1170. The van der Waals surface area contributed by atoms with Crippen LogP contribution in [0.1, 0.15) is 21.6 Å². The van der Waals surface area contributed by atoms with Gasteiger partial charge in [-0.25, -0.2) is 4.98 Å². The minimum atomic E-state index is -1.87. The lowest BCUT2D eigenvalue weighted by molar-refractivity contribution is -0.129. The molecule has 29 heavy (non-hydrogen) atoms. The Kier molecular flexibility index (Phi) is 3.84. The summed E-state index contributed by atoms with van der Waals surface area (Å²) in [6, 6.07) is 9.09. The number of fused-ring (bicyclic) bond motifs is 2. The van der Waals surface area contributed by atoms with Gasteiger partial charge in [0.05, 0.1) is 16.3 Å². The lowest BCUT2D eigenvalue weighted by Gasteiger charge is -2.22. The normalized spacial score (nSPS) is 19.8. The Hall–Kier alpha value is -3.10. The monoisotopic (exact) mass is 409 g/mol. The number of thiazole rings is 1. The molecule has 4 N–H and O–H groups in total. The fourth-order valence-corrected chi connectivity index (χ4v) is 4.75. The van der Waals surface area contributed by atoms with E-state index in [1.807, 2.05) is 26.0 Å². The standard InChI is InChI=1S/C21H19N3O4S/c1-10-3-5-13-16(11(10)2)23-19(25)21(13,26)18-17(24-20(22)29-18)12-4-6-14-15(9-12)28-8-7-27-14/h3-6,9,26H,7-8H2,1-2H3,(H2,22,24)(H,23,25)/t21-/m1/s1. The second kappa shape index (κ2) is 6.20. The van der Waals surface area contributed by atoms with Crippen molar-refractivity contribution in [3.63, 3.8) is 0 Å². The number of ether oxygens (including phenoxy) is 2. The summed E-state index contributed by atoms with van der Waals surface area (Å²) in [5.41, 5.74) is 8.38. The first-order valence-corrected chi connectivity index (χ1v) is 10.0. The van der Waals surface area contributed by atoms with Crippen LogP contribution in [0.4, 0.5) is 10.8 Å². The fourth-order valence-electron chi connectivity index (χ4n) is 3.80. The number of carbonyl (C=O) groups is 1. The highest BCUT2D eigenvalue weighted by molar-refractivity contribution is 7.16. The van der Waals surface area contributed by atoms with Gasteiger partial charge in [-0.1, -0.05) is 23.5 Å². The summed E-state index contributed by atoms with van der Waals surface area (Å²) in [6.45, 7) is 4.84. The number of aromatic nitrogens is 1. The van der Waals surface area contributed by atoms with Crippen LogP contribution in [-0.2, 0) is 10.4 Å². The van der Waals surface area contributed by atoms with Crippen LogP contribution < -0.4 is 20.5 Å². The molecule has 0 saturated carbocycles. The molecule has 8 heteroatoms. The van der Waals surface area contributed by atoms with Crippen molar-refractivity contribution in [3.8, 4) is 22.8 Å². The van der Waals surface area contributed by atoms with Gasteiger partial charge in [0, 0.05) is 11.1 Å². The molecule has 0 spiro atoms. The molecule has 0 fully saturated rings. The third kappa shape index (κ3) is 2.53. The van der Waals surface area contributed by atoms with Crippen molar-refractivity contribution < 1.29 is 19.4 Å². The number of amides is 1. The van der Waals surface area contributed by atoms with Gasteiger partial charge in [0.15, 0.2) is 16.6 Å².